The molecule has 3 rings (SSSR count). The van der Waals surface area contributed by atoms with Crippen LogP contribution in [0.1, 0.15) is 21.6 Å². The van der Waals surface area contributed by atoms with Crippen LogP contribution in [0.2, 0.25) is 0 Å². The second-order valence-electron chi connectivity index (χ2n) is 6.21. The molecule has 1 heterocycles. The molecule has 1 N–H and O–H groups in total. The van der Waals surface area contributed by atoms with Gasteiger partial charge >= 0.3 is 0 Å². The van der Waals surface area contributed by atoms with E-state index in [1.165, 1.54) is 0 Å². The third-order valence-corrected chi connectivity index (χ3v) is 5.13. The lowest BCUT2D eigenvalue weighted by Crippen LogP contribution is -2.27. The highest BCUT2D eigenvalue weighted by Crippen LogP contribution is 2.23. The summed E-state index contributed by atoms with van der Waals surface area (Å²) in [4.78, 5) is 30.3. The van der Waals surface area contributed by atoms with Crippen molar-refractivity contribution in [1.82, 2.24) is 15.2 Å². The van der Waals surface area contributed by atoms with Gasteiger partial charge in [0.2, 0.25) is 5.91 Å². The zero-order valence-electron chi connectivity index (χ0n) is 15.3. The summed E-state index contributed by atoms with van der Waals surface area (Å²) in [5.41, 5.74) is 3.42. The molecule has 3 aromatic rings. The standard InChI is InChI=1S/C21H21N3O2S/c1-22-20(26)16-10-8-15(9-11-16)13-24(2)19(25)12-18-14-27-21(23-18)17-6-4-3-5-7-17/h3-11,14H,12-13H2,1-2H3,(H,22,26). The van der Waals surface area contributed by atoms with Gasteiger partial charge in [0.1, 0.15) is 5.01 Å². The van der Waals surface area contributed by atoms with E-state index in [0.717, 1.165) is 21.8 Å². The van der Waals surface area contributed by atoms with E-state index in [9.17, 15) is 9.59 Å². The Balaban J connectivity index is 1.59. The highest BCUT2D eigenvalue weighted by Gasteiger charge is 2.13. The average Bonchev–Trinajstić information content (AvgIpc) is 3.17. The molecule has 27 heavy (non-hydrogen) atoms. The molecule has 0 fully saturated rings. The Bertz CT molecular complexity index is 920. The lowest BCUT2D eigenvalue weighted by atomic mass is 10.1. The summed E-state index contributed by atoms with van der Waals surface area (Å²) >= 11 is 1.55. The van der Waals surface area contributed by atoms with Gasteiger partial charge in [-0.05, 0) is 17.7 Å². The largest absolute Gasteiger partial charge is 0.355 e. The first-order valence-corrected chi connectivity index (χ1v) is 9.49. The van der Waals surface area contributed by atoms with Crippen molar-refractivity contribution in [1.29, 1.82) is 0 Å². The van der Waals surface area contributed by atoms with Crippen molar-refractivity contribution in [3.05, 3.63) is 76.8 Å². The minimum absolute atomic E-state index is 0.00953. The van der Waals surface area contributed by atoms with Crippen molar-refractivity contribution in [2.75, 3.05) is 14.1 Å². The monoisotopic (exact) mass is 379 g/mol. The molecular weight excluding hydrogens is 358 g/mol. The summed E-state index contributed by atoms with van der Waals surface area (Å²) in [6, 6.07) is 17.2. The van der Waals surface area contributed by atoms with Crippen molar-refractivity contribution in [2.24, 2.45) is 0 Å². The number of likely N-dealkylation sites (N-methyl/N-ethyl adjacent to an activating group) is 1. The first-order chi connectivity index (χ1) is 13.1. The van der Waals surface area contributed by atoms with Gasteiger partial charge in [-0.1, -0.05) is 42.5 Å². The Hall–Kier alpha value is -2.99. The van der Waals surface area contributed by atoms with Crippen molar-refractivity contribution < 1.29 is 9.59 Å². The van der Waals surface area contributed by atoms with Crippen LogP contribution in [0.3, 0.4) is 0 Å². The van der Waals surface area contributed by atoms with E-state index in [0.29, 0.717) is 12.1 Å². The summed E-state index contributed by atoms with van der Waals surface area (Å²) in [7, 11) is 3.38. The zero-order chi connectivity index (χ0) is 19.2. The number of carbonyl (C=O) groups excluding carboxylic acids is 2. The Kier molecular flexibility index (Phi) is 5.98. The second-order valence-corrected chi connectivity index (χ2v) is 7.07. The molecule has 0 aliphatic rings. The maximum absolute atomic E-state index is 12.5. The lowest BCUT2D eigenvalue weighted by molar-refractivity contribution is -0.129. The third kappa shape index (κ3) is 4.80. The summed E-state index contributed by atoms with van der Waals surface area (Å²) < 4.78 is 0. The summed E-state index contributed by atoms with van der Waals surface area (Å²) in [6.45, 7) is 0.489. The number of hydrogen-bond acceptors (Lipinski definition) is 4. The SMILES string of the molecule is CNC(=O)c1ccc(CN(C)C(=O)Cc2csc(-c3ccccc3)n2)cc1. The van der Waals surface area contributed by atoms with Crippen LogP contribution in [0.4, 0.5) is 0 Å². The molecule has 0 unspecified atom stereocenters. The normalized spacial score (nSPS) is 10.4. The molecule has 2 amide bonds. The Morgan fingerprint density at radius 2 is 1.78 bits per heavy atom. The molecule has 0 spiro atoms. The van der Waals surface area contributed by atoms with E-state index in [1.54, 1.807) is 42.5 Å². The highest BCUT2D eigenvalue weighted by atomic mass is 32.1. The van der Waals surface area contributed by atoms with E-state index in [2.05, 4.69) is 10.3 Å². The highest BCUT2D eigenvalue weighted by molar-refractivity contribution is 7.13. The molecule has 0 radical (unpaired) electrons. The number of hydrogen-bond donors (Lipinski definition) is 1. The number of rotatable bonds is 6. The topological polar surface area (TPSA) is 62.3 Å². The smallest absolute Gasteiger partial charge is 0.251 e. The molecule has 0 atom stereocenters. The van der Waals surface area contributed by atoms with Gasteiger partial charge in [0.25, 0.3) is 5.91 Å². The van der Waals surface area contributed by atoms with Gasteiger partial charge in [0.05, 0.1) is 12.1 Å². The van der Waals surface area contributed by atoms with Crippen LogP contribution in [0.5, 0.6) is 0 Å². The average molecular weight is 379 g/mol. The summed E-state index contributed by atoms with van der Waals surface area (Å²) in [5, 5.41) is 5.45. The number of nitrogens with one attached hydrogen (secondary N) is 1. The van der Waals surface area contributed by atoms with Crippen molar-refractivity contribution in [3.8, 4) is 10.6 Å². The first kappa shape index (κ1) is 18.8. The fourth-order valence-electron chi connectivity index (χ4n) is 2.66. The maximum atomic E-state index is 12.5. The first-order valence-electron chi connectivity index (χ1n) is 8.61. The van der Waals surface area contributed by atoms with E-state index in [4.69, 9.17) is 0 Å². The molecule has 138 valence electrons. The third-order valence-electron chi connectivity index (χ3n) is 4.19. The Morgan fingerprint density at radius 1 is 1.07 bits per heavy atom. The molecule has 0 bridgehead atoms. The number of benzene rings is 2. The number of carbonyl (C=O) groups is 2. The van der Waals surface area contributed by atoms with Gasteiger partial charge < -0.3 is 10.2 Å². The van der Waals surface area contributed by atoms with Crippen LogP contribution < -0.4 is 5.32 Å². The Labute approximate surface area is 162 Å². The molecule has 0 aliphatic heterocycles. The van der Waals surface area contributed by atoms with Crippen LogP contribution >= 0.6 is 11.3 Å². The van der Waals surface area contributed by atoms with E-state index in [-0.39, 0.29) is 18.2 Å². The van der Waals surface area contributed by atoms with Crippen LogP contribution in [0.15, 0.2) is 60.0 Å². The van der Waals surface area contributed by atoms with Crippen LogP contribution in [0.25, 0.3) is 10.6 Å². The number of thiazole rings is 1. The van der Waals surface area contributed by atoms with E-state index < -0.39 is 0 Å². The zero-order valence-corrected chi connectivity index (χ0v) is 16.1. The predicted molar refractivity (Wildman–Crippen MR) is 108 cm³/mol. The molecule has 6 heteroatoms. The van der Waals surface area contributed by atoms with Crippen LogP contribution in [-0.2, 0) is 17.8 Å². The van der Waals surface area contributed by atoms with Crippen molar-refractivity contribution in [3.63, 3.8) is 0 Å². The molecule has 0 saturated carbocycles. The van der Waals surface area contributed by atoms with Crippen LogP contribution in [-0.4, -0.2) is 35.8 Å². The lowest BCUT2D eigenvalue weighted by Gasteiger charge is -2.17. The second kappa shape index (κ2) is 8.60. The van der Waals surface area contributed by atoms with Gasteiger partial charge in [-0.2, -0.15) is 0 Å². The van der Waals surface area contributed by atoms with Gasteiger partial charge in [-0.25, -0.2) is 4.98 Å². The minimum atomic E-state index is -0.122. The number of aromatic nitrogens is 1. The fourth-order valence-corrected chi connectivity index (χ4v) is 3.49. The summed E-state index contributed by atoms with van der Waals surface area (Å²) in [6.07, 6.45) is 0.274. The number of amides is 2. The Morgan fingerprint density at radius 3 is 2.44 bits per heavy atom. The number of nitrogens with zero attached hydrogens (tertiary/aromatic N) is 2. The minimum Gasteiger partial charge on any atom is -0.355 e. The van der Waals surface area contributed by atoms with Gasteiger partial charge in [-0.3, -0.25) is 9.59 Å². The van der Waals surface area contributed by atoms with E-state index >= 15 is 0 Å². The van der Waals surface area contributed by atoms with Gasteiger partial charge in [0, 0.05) is 37.1 Å². The molecule has 0 saturated heterocycles. The quantitative estimate of drug-likeness (QED) is 0.714. The van der Waals surface area contributed by atoms with Crippen molar-refractivity contribution >= 4 is 23.2 Å². The maximum Gasteiger partial charge on any atom is 0.251 e. The van der Waals surface area contributed by atoms with Crippen molar-refractivity contribution in [2.45, 2.75) is 13.0 Å². The predicted octanol–water partition coefficient (Wildman–Crippen LogP) is 3.37. The summed E-state index contributed by atoms with van der Waals surface area (Å²) in [5.74, 6) is -0.112. The van der Waals surface area contributed by atoms with Gasteiger partial charge in [0.15, 0.2) is 0 Å². The van der Waals surface area contributed by atoms with E-state index in [1.807, 2.05) is 47.8 Å². The molecular formula is C21H21N3O2S. The molecule has 1 aromatic heterocycles. The van der Waals surface area contributed by atoms with Crippen LogP contribution in [0, 0.1) is 0 Å². The molecule has 5 nitrogen and oxygen atoms in total. The van der Waals surface area contributed by atoms with Gasteiger partial charge in [-0.15, -0.1) is 11.3 Å². The molecule has 2 aromatic carbocycles. The fraction of sp³-hybridized carbons (Fsp3) is 0.190. The molecule has 0 aliphatic carbocycles.